The number of ether oxygens (including phenoxy) is 1. The van der Waals surface area contributed by atoms with Gasteiger partial charge in [0.25, 0.3) is 0 Å². The Bertz CT molecular complexity index is 228. The van der Waals surface area contributed by atoms with Crippen LogP contribution in [0.1, 0.15) is 45.4 Å². The molecule has 0 radical (unpaired) electrons. The lowest BCUT2D eigenvalue weighted by Crippen LogP contribution is -2.24. The summed E-state index contributed by atoms with van der Waals surface area (Å²) in [6.45, 7) is 2.75. The molecule has 1 unspecified atom stereocenters. The van der Waals surface area contributed by atoms with Gasteiger partial charge in [0.1, 0.15) is 0 Å². The van der Waals surface area contributed by atoms with Crippen molar-refractivity contribution in [1.82, 2.24) is 0 Å². The van der Waals surface area contributed by atoms with E-state index in [-0.39, 0.29) is 5.60 Å². The molecule has 2 rings (SSSR count). The summed E-state index contributed by atoms with van der Waals surface area (Å²) in [4.78, 5) is 0. The van der Waals surface area contributed by atoms with Crippen LogP contribution in [0.4, 0.5) is 0 Å². The maximum absolute atomic E-state index is 6.15. The van der Waals surface area contributed by atoms with Gasteiger partial charge in [0.15, 0.2) is 0 Å². The number of nitrogens with two attached hydrogens (primary N) is 1. The maximum atomic E-state index is 6.15. The molecule has 1 spiro atoms. The van der Waals surface area contributed by atoms with Crippen molar-refractivity contribution < 1.29 is 4.74 Å². The highest BCUT2D eigenvalue weighted by atomic mass is 16.5. The van der Waals surface area contributed by atoms with Gasteiger partial charge in [0.05, 0.1) is 11.7 Å². The fourth-order valence-corrected chi connectivity index (χ4v) is 2.73. The molecule has 2 aliphatic rings. The van der Waals surface area contributed by atoms with Crippen LogP contribution >= 0.6 is 0 Å². The largest absolute Gasteiger partial charge is 0.368 e. The minimum absolute atomic E-state index is 0.260. The van der Waals surface area contributed by atoms with E-state index in [1.807, 2.05) is 0 Å². The average Bonchev–Trinajstić information content (AvgIpc) is 2.78. The van der Waals surface area contributed by atoms with Crippen LogP contribution in [0.3, 0.4) is 0 Å². The molecule has 80 valence electrons. The quantitative estimate of drug-likeness (QED) is 0.687. The molecule has 1 saturated carbocycles. The van der Waals surface area contributed by atoms with E-state index in [0.717, 1.165) is 0 Å². The van der Waals surface area contributed by atoms with E-state index < -0.39 is 0 Å². The number of hydrogen-bond acceptors (Lipinski definition) is 2. The summed E-state index contributed by atoms with van der Waals surface area (Å²) in [5.41, 5.74) is 7.09. The van der Waals surface area contributed by atoms with Crippen molar-refractivity contribution in [2.24, 2.45) is 5.73 Å². The summed E-state index contributed by atoms with van der Waals surface area (Å²) >= 11 is 0. The second-order valence-corrected chi connectivity index (χ2v) is 4.80. The molecular formula is C12H21NO. The molecule has 0 bridgehead atoms. The summed E-state index contributed by atoms with van der Waals surface area (Å²) in [5.74, 6) is 0. The summed E-state index contributed by atoms with van der Waals surface area (Å²) in [6, 6.07) is 0. The Hall–Kier alpha value is -0.340. The van der Waals surface area contributed by atoms with Crippen molar-refractivity contribution in [2.45, 2.75) is 57.2 Å². The van der Waals surface area contributed by atoms with Crippen LogP contribution in [0.15, 0.2) is 11.6 Å². The predicted molar refractivity (Wildman–Crippen MR) is 58.1 cm³/mol. The zero-order valence-electron chi connectivity index (χ0n) is 9.09. The first-order valence-corrected chi connectivity index (χ1v) is 5.79. The SMILES string of the molecule is CC(=CC1CCC2(CCCC2)O1)CN. The second-order valence-electron chi connectivity index (χ2n) is 4.80. The van der Waals surface area contributed by atoms with Gasteiger partial charge in [-0.25, -0.2) is 0 Å². The Morgan fingerprint density at radius 3 is 2.79 bits per heavy atom. The van der Waals surface area contributed by atoms with E-state index in [1.54, 1.807) is 0 Å². The third-order valence-corrected chi connectivity index (χ3v) is 3.59. The van der Waals surface area contributed by atoms with Crippen molar-refractivity contribution in [1.29, 1.82) is 0 Å². The van der Waals surface area contributed by atoms with Gasteiger partial charge in [-0.15, -0.1) is 0 Å². The maximum Gasteiger partial charge on any atom is 0.0767 e. The Kier molecular flexibility index (Phi) is 2.93. The molecule has 0 aromatic heterocycles. The number of hydrogen-bond donors (Lipinski definition) is 1. The minimum Gasteiger partial charge on any atom is -0.368 e. The van der Waals surface area contributed by atoms with Crippen LogP contribution in [0.2, 0.25) is 0 Å². The summed E-state index contributed by atoms with van der Waals surface area (Å²) in [6.07, 6.45) is 10.3. The molecule has 1 heterocycles. The summed E-state index contributed by atoms with van der Waals surface area (Å²) in [7, 11) is 0. The monoisotopic (exact) mass is 195 g/mol. The normalized spacial score (nSPS) is 31.6. The molecule has 2 N–H and O–H groups in total. The average molecular weight is 195 g/mol. The molecule has 1 atom stereocenters. The van der Waals surface area contributed by atoms with Crippen LogP contribution in [0, 0.1) is 0 Å². The van der Waals surface area contributed by atoms with Gasteiger partial charge in [-0.1, -0.05) is 24.5 Å². The van der Waals surface area contributed by atoms with Gasteiger partial charge in [-0.2, -0.15) is 0 Å². The third kappa shape index (κ3) is 2.01. The lowest BCUT2D eigenvalue weighted by molar-refractivity contribution is -0.0181. The molecule has 0 aromatic rings. The van der Waals surface area contributed by atoms with E-state index in [0.29, 0.717) is 12.6 Å². The molecule has 2 heteroatoms. The van der Waals surface area contributed by atoms with Crippen molar-refractivity contribution in [2.75, 3.05) is 6.54 Å². The summed E-state index contributed by atoms with van der Waals surface area (Å²) in [5, 5.41) is 0. The first-order chi connectivity index (χ1) is 6.74. The molecule has 2 nitrogen and oxygen atoms in total. The summed E-state index contributed by atoms with van der Waals surface area (Å²) < 4.78 is 6.15. The Morgan fingerprint density at radius 1 is 1.43 bits per heavy atom. The molecule has 1 aliphatic carbocycles. The molecular weight excluding hydrogens is 174 g/mol. The third-order valence-electron chi connectivity index (χ3n) is 3.59. The van der Waals surface area contributed by atoms with E-state index in [9.17, 15) is 0 Å². The topological polar surface area (TPSA) is 35.2 Å². The first kappa shape index (κ1) is 10.2. The van der Waals surface area contributed by atoms with Gasteiger partial charge in [-0.05, 0) is 32.6 Å². The molecule has 1 saturated heterocycles. The van der Waals surface area contributed by atoms with Crippen LogP contribution < -0.4 is 5.73 Å². The van der Waals surface area contributed by atoms with E-state index in [1.165, 1.54) is 44.1 Å². The zero-order chi connectivity index (χ0) is 10.0. The van der Waals surface area contributed by atoms with E-state index in [2.05, 4.69) is 13.0 Å². The predicted octanol–water partition coefficient (Wildman–Crippen LogP) is 2.38. The minimum atomic E-state index is 0.260. The van der Waals surface area contributed by atoms with Crippen LogP contribution in [-0.4, -0.2) is 18.2 Å². The highest BCUT2D eigenvalue weighted by Crippen LogP contribution is 2.43. The van der Waals surface area contributed by atoms with Crippen molar-refractivity contribution in [3.05, 3.63) is 11.6 Å². The van der Waals surface area contributed by atoms with Gasteiger partial charge in [0.2, 0.25) is 0 Å². The van der Waals surface area contributed by atoms with Gasteiger partial charge in [0, 0.05) is 6.54 Å². The molecule has 1 aliphatic heterocycles. The van der Waals surface area contributed by atoms with E-state index >= 15 is 0 Å². The highest BCUT2D eigenvalue weighted by Gasteiger charge is 2.41. The van der Waals surface area contributed by atoms with Gasteiger partial charge in [-0.3, -0.25) is 0 Å². The van der Waals surface area contributed by atoms with Crippen LogP contribution in [0.5, 0.6) is 0 Å². The number of rotatable bonds is 2. The van der Waals surface area contributed by atoms with E-state index in [4.69, 9.17) is 10.5 Å². The van der Waals surface area contributed by atoms with Crippen molar-refractivity contribution in [3.8, 4) is 0 Å². The lowest BCUT2D eigenvalue weighted by Gasteiger charge is -2.22. The Balaban J connectivity index is 1.94. The lowest BCUT2D eigenvalue weighted by atomic mass is 9.98. The second kappa shape index (κ2) is 4.03. The van der Waals surface area contributed by atoms with Crippen molar-refractivity contribution in [3.63, 3.8) is 0 Å². The molecule has 14 heavy (non-hydrogen) atoms. The molecule has 0 amide bonds. The standard InChI is InChI=1S/C12H21NO/c1-10(9-13)8-11-4-7-12(14-11)5-2-3-6-12/h8,11H,2-7,9,13H2,1H3. The fourth-order valence-electron chi connectivity index (χ4n) is 2.73. The fraction of sp³-hybridized carbons (Fsp3) is 0.833. The molecule has 2 fully saturated rings. The zero-order valence-corrected chi connectivity index (χ0v) is 9.09. The van der Waals surface area contributed by atoms with Crippen molar-refractivity contribution >= 4 is 0 Å². The Labute approximate surface area is 86.5 Å². The smallest absolute Gasteiger partial charge is 0.0767 e. The Morgan fingerprint density at radius 2 is 2.14 bits per heavy atom. The first-order valence-electron chi connectivity index (χ1n) is 5.79. The van der Waals surface area contributed by atoms with Gasteiger partial charge < -0.3 is 10.5 Å². The molecule has 0 aromatic carbocycles. The van der Waals surface area contributed by atoms with Crippen LogP contribution in [-0.2, 0) is 4.74 Å². The van der Waals surface area contributed by atoms with Crippen LogP contribution in [0.25, 0.3) is 0 Å². The highest BCUT2D eigenvalue weighted by molar-refractivity contribution is 5.07. The van der Waals surface area contributed by atoms with Gasteiger partial charge >= 0.3 is 0 Å².